The Morgan fingerprint density at radius 1 is 1.29 bits per heavy atom. The minimum absolute atomic E-state index is 0.0114. The third-order valence-corrected chi connectivity index (χ3v) is 5.63. The van der Waals surface area contributed by atoms with Crippen molar-refractivity contribution in [3.8, 4) is 0 Å². The van der Waals surface area contributed by atoms with E-state index < -0.39 is 10.0 Å². The van der Waals surface area contributed by atoms with Gasteiger partial charge in [-0.3, -0.25) is 9.48 Å². The monoisotopic (exact) mass is 348 g/mol. The van der Waals surface area contributed by atoms with Crippen molar-refractivity contribution in [2.75, 3.05) is 13.1 Å². The summed E-state index contributed by atoms with van der Waals surface area (Å²) >= 11 is 0. The zero-order valence-electron chi connectivity index (χ0n) is 13.4. The first-order chi connectivity index (χ1) is 11.5. The molecule has 1 amide bonds. The normalized spacial score (nSPS) is 17.5. The Bertz CT molecular complexity index is 817. The molecule has 0 aliphatic carbocycles. The van der Waals surface area contributed by atoms with E-state index in [2.05, 4.69) is 9.82 Å². The van der Waals surface area contributed by atoms with E-state index >= 15 is 0 Å². The van der Waals surface area contributed by atoms with Crippen LogP contribution in [0.2, 0.25) is 0 Å². The van der Waals surface area contributed by atoms with Crippen LogP contribution in [0.25, 0.3) is 0 Å². The van der Waals surface area contributed by atoms with Crippen LogP contribution in [-0.2, 0) is 21.4 Å². The zero-order chi connectivity index (χ0) is 17.2. The molecular formula is C16H20N4O3S. The Morgan fingerprint density at radius 3 is 2.75 bits per heavy atom. The SMILES string of the molecule is CC(=O)N1Cc2ccnn2[C@@H](CCNS(=O)(=O)c2ccccc2)C1. The number of aromatic nitrogens is 2. The fourth-order valence-corrected chi connectivity index (χ4v) is 3.95. The molecule has 0 saturated carbocycles. The molecule has 1 atom stereocenters. The molecule has 2 heterocycles. The summed E-state index contributed by atoms with van der Waals surface area (Å²) in [5, 5.41) is 4.31. The van der Waals surface area contributed by atoms with Gasteiger partial charge in [-0.2, -0.15) is 5.10 Å². The molecule has 0 fully saturated rings. The summed E-state index contributed by atoms with van der Waals surface area (Å²) in [6, 6.07) is 10.1. The van der Waals surface area contributed by atoms with Gasteiger partial charge < -0.3 is 4.90 Å². The van der Waals surface area contributed by atoms with E-state index in [9.17, 15) is 13.2 Å². The molecule has 7 nitrogen and oxygen atoms in total. The third kappa shape index (κ3) is 3.49. The number of benzene rings is 1. The van der Waals surface area contributed by atoms with Crippen molar-refractivity contribution in [2.24, 2.45) is 0 Å². The Hall–Kier alpha value is -2.19. The molecule has 24 heavy (non-hydrogen) atoms. The Balaban J connectivity index is 1.66. The number of sulfonamides is 1. The molecule has 3 rings (SSSR count). The maximum absolute atomic E-state index is 12.2. The van der Waals surface area contributed by atoms with Gasteiger partial charge in [0.05, 0.1) is 23.2 Å². The maximum atomic E-state index is 12.2. The summed E-state index contributed by atoms with van der Waals surface area (Å²) < 4.78 is 29.0. The fourth-order valence-electron chi connectivity index (χ4n) is 2.88. The van der Waals surface area contributed by atoms with Gasteiger partial charge in [-0.05, 0) is 24.6 Å². The summed E-state index contributed by atoms with van der Waals surface area (Å²) in [5.41, 5.74) is 0.965. The molecule has 1 aliphatic heterocycles. The first-order valence-electron chi connectivity index (χ1n) is 7.80. The number of carbonyl (C=O) groups excluding carboxylic acids is 1. The van der Waals surface area contributed by atoms with Gasteiger partial charge in [0, 0.05) is 26.2 Å². The molecule has 2 aromatic rings. The lowest BCUT2D eigenvalue weighted by molar-refractivity contribution is -0.130. The van der Waals surface area contributed by atoms with Gasteiger partial charge in [0.15, 0.2) is 0 Å². The topological polar surface area (TPSA) is 84.3 Å². The number of amides is 1. The molecule has 0 radical (unpaired) electrons. The highest BCUT2D eigenvalue weighted by molar-refractivity contribution is 7.89. The largest absolute Gasteiger partial charge is 0.335 e. The van der Waals surface area contributed by atoms with Gasteiger partial charge in [-0.1, -0.05) is 18.2 Å². The Labute approximate surface area is 141 Å². The molecule has 1 aromatic heterocycles. The summed E-state index contributed by atoms with van der Waals surface area (Å²) in [5.74, 6) is 0.0114. The molecule has 0 unspecified atom stereocenters. The fraction of sp³-hybridized carbons (Fsp3) is 0.375. The van der Waals surface area contributed by atoms with E-state index in [0.717, 1.165) is 5.69 Å². The van der Waals surface area contributed by atoms with Crippen LogP contribution in [0.15, 0.2) is 47.5 Å². The molecule has 0 spiro atoms. The van der Waals surface area contributed by atoms with Crippen LogP contribution >= 0.6 is 0 Å². The van der Waals surface area contributed by atoms with Gasteiger partial charge in [-0.15, -0.1) is 0 Å². The Morgan fingerprint density at radius 2 is 2.04 bits per heavy atom. The van der Waals surface area contributed by atoms with Crippen LogP contribution in [0.5, 0.6) is 0 Å². The van der Waals surface area contributed by atoms with Crippen molar-refractivity contribution in [1.29, 1.82) is 0 Å². The van der Waals surface area contributed by atoms with Crippen molar-refractivity contribution in [3.63, 3.8) is 0 Å². The second kappa shape index (κ2) is 6.74. The number of nitrogens with zero attached hydrogens (tertiary/aromatic N) is 3. The smallest absolute Gasteiger partial charge is 0.240 e. The average Bonchev–Trinajstić information content (AvgIpc) is 3.04. The average molecular weight is 348 g/mol. The Kier molecular flexibility index (Phi) is 4.68. The molecule has 8 heteroatoms. The second-order valence-corrected chi connectivity index (χ2v) is 7.59. The summed E-state index contributed by atoms with van der Waals surface area (Å²) in [7, 11) is -3.52. The molecule has 0 bridgehead atoms. The predicted molar refractivity (Wildman–Crippen MR) is 88.6 cm³/mol. The highest BCUT2D eigenvalue weighted by Crippen LogP contribution is 2.22. The second-order valence-electron chi connectivity index (χ2n) is 5.82. The number of carbonyl (C=O) groups is 1. The van der Waals surface area contributed by atoms with Crippen LogP contribution in [0, 0.1) is 0 Å². The summed E-state index contributed by atoms with van der Waals surface area (Å²) in [4.78, 5) is 13.7. The first kappa shape index (κ1) is 16.7. The van der Waals surface area contributed by atoms with Crippen LogP contribution < -0.4 is 4.72 Å². The van der Waals surface area contributed by atoms with Crippen molar-refractivity contribution in [3.05, 3.63) is 48.3 Å². The van der Waals surface area contributed by atoms with Crippen molar-refractivity contribution < 1.29 is 13.2 Å². The molecule has 1 aliphatic rings. The van der Waals surface area contributed by atoms with E-state index in [4.69, 9.17) is 0 Å². The lowest BCUT2D eigenvalue weighted by atomic mass is 10.1. The number of rotatable bonds is 5. The van der Waals surface area contributed by atoms with Crippen molar-refractivity contribution in [2.45, 2.75) is 30.8 Å². The zero-order valence-corrected chi connectivity index (χ0v) is 14.2. The quantitative estimate of drug-likeness (QED) is 0.879. The minimum atomic E-state index is -3.52. The number of hydrogen-bond donors (Lipinski definition) is 1. The maximum Gasteiger partial charge on any atom is 0.240 e. The van der Waals surface area contributed by atoms with E-state index in [0.29, 0.717) is 19.5 Å². The lowest BCUT2D eigenvalue weighted by Gasteiger charge is -2.33. The van der Waals surface area contributed by atoms with Crippen LogP contribution in [-0.4, -0.2) is 42.1 Å². The highest BCUT2D eigenvalue weighted by Gasteiger charge is 2.27. The molecule has 128 valence electrons. The van der Waals surface area contributed by atoms with E-state index in [-0.39, 0.29) is 23.4 Å². The van der Waals surface area contributed by atoms with Gasteiger partial charge in [0.25, 0.3) is 0 Å². The van der Waals surface area contributed by atoms with Crippen LogP contribution in [0.3, 0.4) is 0 Å². The molecule has 1 aromatic carbocycles. The third-order valence-electron chi connectivity index (χ3n) is 4.15. The first-order valence-corrected chi connectivity index (χ1v) is 9.28. The van der Waals surface area contributed by atoms with Gasteiger partial charge in [0.2, 0.25) is 15.9 Å². The number of nitrogens with one attached hydrogen (secondary N) is 1. The number of hydrogen-bond acceptors (Lipinski definition) is 4. The standard InChI is InChI=1S/C16H20N4O3S/c1-13(21)19-11-14-7-9-17-20(14)15(12-19)8-10-18-24(22,23)16-5-3-2-4-6-16/h2-7,9,15,18H,8,10-12H2,1H3/t15-/m0/s1. The van der Waals surface area contributed by atoms with Crippen LogP contribution in [0.1, 0.15) is 25.1 Å². The van der Waals surface area contributed by atoms with Crippen molar-refractivity contribution >= 4 is 15.9 Å². The minimum Gasteiger partial charge on any atom is -0.335 e. The van der Waals surface area contributed by atoms with E-state index in [1.165, 1.54) is 0 Å². The molecule has 0 saturated heterocycles. The van der Waals surface area contributed by atoms with Gasteiger partial charge in [0.1, 0.15) is 0 Å². The van der Waals surface area contributed by atoms with E-state index in [1.807, 2.05) is 10.7 Å². The van der Waals surface area contributed by atoms with Crippen molar-refractivity contribution in [1.82, 2.24) is 19.4 Å². The van der Waals surface area contributed by atoms with E-state index in [1.54, 1.807) is 48.4 Å². The molecular weight excluding hydrogens is 328 g/mol. The number of fused-ring (bicyclic) bond motifs is 1. The predicted octanol–water partition coefficient (Wildman–Crippen LogP) is 1.15. The molecule has 1 N–H and O–H groups in total. The lowest BCUT2D eigenvalue weighted by Crippen LogP contribution is -2.41. The summed E-state index contributed by atoms with van der Waals surface area (Å²) in [6.45, 7) is 2.91. The van der Waals surface area contributed by atoms with Crippen LogP contribution in [0.4, 0.5) is 0 Å². The van der Waals surface area contributed by atoms with Gasteiger partial charge >= 0.3 is 0 Å². The van der Waals surface area contributed by atoms with Gasteiger partial charge in [-0.25, -0.2) is 13.1 Å². The summed E-state index contributed by atoms with van der Waals surface area (Å²) in [6.07, 6.45) is 2.27. The highest BCUT2D eigenvalue weighted by atomic mass is 32.2.